The van der Waals surface area contributed by atoms with Gasteiger partial charge >= 0.3 is 0 Å². The first-order valence-electron chi connectivity index (χ1n) is 3.63. The highest BCUT2D eigenvalue weighted by Gasteiger charge is 2.01. The Bertz CT molecular complexity index is 269. The molecule has 0 bridgehead atoms. The van der Waals surface area contributed by atoms with Gasteiger partial charge in [0.15, 0.2) is 0 Å². The van der Waals surface area contributed by atoms with E-state index >= 15 is 0 Å². The average molecular weight is 215 g/mol. The molecule has 1 nitrogen and oxygen atoms in total. The van der Waals surface area contributed by atoms with Gasteiger partial charge in [-0.1, -0.05) is 28.9 Å². The van der Waals surface area contributed by atoms with Gasteiger partial charge in [0, 0.05) is 4.47 Å². The number of halogens is 1. The zero-order valence-corrected chi connectivity index (χ0v) is 8.27. The van der Waals surface area contributed by atoms with E-state index in [1.54, 1.807) is 6.07 Å². The van der Waals surface area contributed by atoms with Crippen LogP contribution < -0.4 is 0 Å². The summed E-state index contributed by atoms with van der Waals surface area (Å²) in [6.07, 6.45) is 0.875. The zero-order chi connectivity index (χ0) is 8.43. The minimum Gasteiger partial charge on any atom is -0.508 e. The van der Waals surface area contributed by atoms with Crippen molar-refractivity contribution in [2.45, 2.75) is 20.3 Å². The fourth-order valence-electron chi connectivity index (χ4n) is 1.01. The molecule has 1 aromatic rings. The highest BCUT2D eigenvalue weighted by atomic mass is 79.9. The van der Waals surface area contributed by atoms with Crippen molar-refractivity contribution in [1.29, 1.82) is 0 Å². The van der Waals surface area contributed by atoms with Crippen molar-refractivity contribution < 1.29 is 5.11 Å². The molecule has 1 N–H and O–H groups in total. The number of rotatable bonds is 1. The van der Waals surface area contributed by atoms with E-state index in [1.165, 1.54) is 5.56 Å². The van der Waals surface area contributed by atoms with Crippen LogP contribution in [0.1, 0.15) is 18.1 Å². The van der Waals surface area contributed by atoms with Gasteiger partial charge in [-0.15, -0.1) is 0 Å². The second-order valence-electron chi connectivity index (χ2n) is 2.58. The fraction of sp³-hybridized carbons (Fsp3) is 0.333. The van der Waals surface area contributed by atoms with Gasteiger partial charge in [-0.25, -0.2) is 0 Å². The summed E-state index contributed by atoms with van der Waals surface area (Å²) >= 11 is 3.35. The molecular formula is C9H11BrO. The van der Waals surface area contributed by atoms with Crippen LogP contribution in [-0.4, -0.2) is 5.11 Å². The molecule has 0 saturated heterocycles. The third kappa shape index (κ3) is 1.74. The summed E-state index contributed by atoms with van der Waals surface area (Å²) in [6, 6.07) is 3.74. The third-order valence-electron chi connectivity index (χ3n) is 1.74. The number of benzene rings is 1. The molecule has 0 heterocycles. The van der Waals surface area contributed by atoms with Crippen molar-refractivity contribution in [3.8, 4) is 5.75 Å². The number of hydrogen-bond acceptors (Lipinski definition) is 1. The molecular weight excluding hydrogens is 204 g/mol. The lowest BCUT2D eigenvalue weighted by Gasteiger charge is -2.04. The molecule has 0 aliphatic rings. The van der Waals surface area contributed by atoms with E-state index < -0.39 is 0 Å². The Labute approximate surface area is 75.2 Å². The monoisotopic (exact) mass is 214 g/mol. The molecule has 11 heavy (non-hydrogen) atoms. The summed E-state index contributed by atoms with van der Waals surface area (Å²) in [5, 5.41) is 9.39. The Morgan fingerprint density at radius 2 is 2.09 bits per heavy atom. The van der Waals surface area contributed by atoms with E-state index in [4.69, 9.17) is 0 Å². The van der Waals surface area contributed by atoms with Crippen LogP contribution in [0.5, 0.6) is 5.75 Å². The predicted molar refractivity (Wildman–Crippen MR) is 49.9 cm³/mol. The van der Waals surface area contributed by atoms with Crippen LogP contribution >= 0.6 is 15.9 Å². The van der Waals surface area contributed by atoms with Gasteiger partial charge in [-0.2, -0.15) is 0 Å². The van der Waals surface area contributed by atoms with Crippen LogP contribution in [0.25, 0.3) is 0 Å². The Hall–Kier alpha value is -0.500. The van der Waals surface area contributed by atoms with Crippen molar-refractivity contribution >= 4 is 15.9 Å². The fourth-order valence-corrected chi connectivity index (χ4v) is 1.35. The molecule has 0 atom stereocenters. The van der Waals surface area contributed by atoms with Crippen LogP contribution in [-0.2, 0) is 6.42 Å². The highest BCUT2D eigenvalue weighted by Crippen LogP contribution is 2.26. The lowest BCUT2D eigenvalue weighted by molar-refractivity contribution is 0.468. The van der Waals surface area contributed by atoms with Crippen LogP contribution in [0.2, 0.25) is 0 Å². The number of phenols is 1. The number of aromatic hydroxyl groups is 1. The maximum absolute atomic E-state index is 9.39. The largest absolute Gasteiger partial charge is 0.508 e. The summed E-state index contributed by atoms with van der Waals surface area (Å²) in [5.74, 6) is 0.380. The van der Waals surface area contributed by atoms with Crippen molar-refractivity contribution in [3.05, 3.63) is 27.7 Å². The first kappa shape index (κ1) is 8.60. The quantitative estimate of drug-likeness (QED) is 0.763. The van der Waals surface area contributed by atoms with Crippen LogP contribution in [0, 0.1) is 6.92 Å². The van der Waals surface area contributed by atoms with Gasteiger partial charge < -0.3 is 5.11 Å². The Morgan fingerprint density at radius 3 is 2.64 bits per heavy atom. The van der Waals surface area contributed by atoms with Crippen molar-refractivity contribution in [1.82, 2.24) is 0 Å². The van der Waals surface area contributed by atoms with E-state index in [2.05, 4.69) is 15.9 Å². The summed E-state index contributed by atoms with van der Waals surface area (Å²) < 4.78 is 0.965. The topological polar surface area (TPSA) is 20.2 Å². The number of phenolic OH excluding ortho intramolecular Hbond substituents is 1. The van der Waals surface area contributed by atoms with Crippen molar-refractivity contribution in [2.75, 3.05) is 0 Å². The summed E-state index contributed by atoms with van der Waals surface area (Å²) in [6.45, 7) is 4.05. The highest BCUT2D eigenvalue weighted by molar-refractivity contribution is 9.10. The first-order chi connectivity index (χ1) is 5.15. The number of hydrogen-bond donors (Lipinski definition) is 1. The minimum absolute atomic E-state index is 0.380. The zero-order valence-electron chi connectivity index (χ0n) is 6.69. The maximum Gasteiger partial charge on any atom is 0.119 e. The van der Waals surface area contributed by atoms with E-state index in [1.807, 2.05) is 19.9 Å². The van der Waals surface area contributed by atoms with Gasteiger partial charge in [-0.05, 0) is 30.5 Å². The maximum atomic E-state index is 9.39. The van der Waals surface area contributed by atoms with Crippen LogP contribution in [0.4, 0.5) is 0 Å². The second-order valence-corrected chi connectivity index (χ2v) is 3.44. The molecule has 0 unspecified atom stereocenters. The van der Waals surface area contributed by atoms with Gasteiger partial charge in [0.05, 0.1) is 0 Å². The van der Waals surface area contributed by atoms with Crippen LogP contribution in [0.15, 0.2) is 16.6 Å². The molecule has 0 aromatic heterocycles. The van der Waals surface area contributed by atoms with Gasteiger partial charge in [-0.3, -0.25) is 0 Å². The molecule has 0 fully saturated rings. The minimum atomic E-state index is 0.380. The lowest BCUT2D eigenvalue weighted by atomic mass is 10.1. The Kier molecular flexibility index (Phi) is 2.55. The molecule has 1 rings (SSSR count). The molecule has 0 aliphatic carbocycles. The summed E-state index contributed by atoms with van der Waals surface area (Å²) in [7, 11) is 0. The van der Waals surface area contributed by atoms with E-state index in [-0.39, 0.29) is 0 Å². The molecule has 0 aliphatic heterocycles. The second kappa shape index (κ2) is 3.26. The van der Waals surface area contributed by atoms with Crippen LogP contribution in [0.3, 0.4) is 0 Å². The first-order valence-corrected chi connectivity index (χ1v) is 4.42. The van der Waals surface area contributed by atoms with Gasteiger partial charge in [0.1, 0.15) is 5.75 Å². The molecule has 60 valence electrons. The van der Waals surface area contributed by atoms with E-state index in [0.29, 0.717) is 5.75 Å². The molecule has 0 spiro atoms. The third-order valence-corrected chi connectivity index (χ3v) is 2.60. The van der Waals surface area contributed by atoms with E-state index in [0.717, 1.165) is 16.5 Å². The summed E-state index contributed by atoms with van der Waals surface area (Å²) in [4.78, 5) is 0. The van der Waals surface area contributed by atoms with Crippen molar-refractivity contribution in [2.24, 2.45) is 0 Å². The Balaban J connectivity index is 3.21. The SMILES string of the molecule is CCc1cc(C)c(Br)cc1O. The Morgan fingerprint density at radius 1 is 1.45 bits per heavy atom. The number of aryl methyl sites for hydroxylation is 2. The summed E-state index contributed by atoms with van der Waals surface area (Å²) in [5.41, 5.74) is 2.17. The smallest absolute Gasteiger partial charge is 0.119 e. The predicted octanol–water partition coefficient (Wildman–Crippen LogP) is 3.03. The van der Waals surface area contributed by atoms with E-state index in [9.17, 15) is 5.11 Å². The molecule has 0 radical (unpaired) electrons. The molecule has 1 aromatic carbocycles. The normalized spacial score (nSPS) is 10.1. The van der Waals surface area contributed by atoms with Crippen molar-refractivity contribution in [3.63, 3.8) is 0 Å². The standard InChI is InChI=1S/C9H11BrO/c1-3-7-4-6(2)8(10)5-9(7)11/h4-5,11H,3H2,1-2H3. The van der Waals surface area contributed by atoms with Gasteiger partial charge in [0.25, 0.3) is 0 Å². The molecule has 2 heteroatoms. The molecule has 0 amide bonds. The molecule has 0 saturated carbocycles. The van der Waals surface area contributed by atoms with Gasteiger partial charge in [0.2, 0.25) is 0 Å². The lowest BCUT2D eigenvalue weighted by Crippen LogP contribution is -1.84. The average Bonchev–Trinajstić information content (AvgIpc) is 1.97.